The first-order chi connectivity index (χ1) is 15.9. The van der Waals surface area contributed by atoms with Crippen molar-refractivity contribution in [3.8, 4) is 11.8 Å². The molecule has 4 rings (SSSR count). The topological polar surface area (TPSA) is 112 Å². The minimum atomic E-state index is -1.29. The van der Waals surface area contributed by atoms with E-state index in [1.54, 1.807) is 67.6 Å². The number of hydrazine groups is 1. The molecule has 1 fully saturated rings. The van der Waals surface area contributed by atoms with E-state index in [0.717, 1.165) is 5.56 Å². The van der Waals surface area contributed by atoms with E-state index >= 15 is 0 Å². The fraction of sp³-hybridized carbons (Fsp3) is 0.120. The summed E-state index contributed by atoms with van der Waals surface area (Å²) >= 11 is 0. The summed E-state index contributed by atoms with van der Waals surface area (Å²) in [4.78, 5) is 38.2. The molecule has 0 radical (unpaired) electrons. The molecule has 8 nitrogen and oxygen atoms in total. The standard InChI is InChI=1S/C25H20N4O4/c1-25(20-11-3-2-4-12-20)23(31)29(24(32)27-25)28-22(30)17-10-7-13-21(14-17)33-16-19-9-6-5-8-18(19)15-26/h2-14H,16H2,1H3,(H,27,32)(H,28,30). The van der Waals surface area contributed by atoms with E-state index in [4.69, 9.17) is 4.74 Å². The van der Waals surface area contributed by atoms with E-state index in [-0.39, 0.29) is 12.2 Å². The fourth-order valence-corrected chi connectivity index (χ4v) is 3.52. The maximum Gasteiger partial charge on any atom is 0.344 e. The molecular formula is C25H20N4O4. The van der Waals surface area contributed by atoms with E-state index in [2.05, 4.69) is 16.8 Å². The predicted octanol–water partition coefficient (Wildman–Crippen LogP) is 3.25. The van der Waals surface area contributed by atoms with Gasteiger partial charge in [0.15, 0.2) is 0 Å². The van der Waals surface area contributed by atoms with Crippen LogP contribution in [0.1, 0.15) is 34.0 Å². The van der Waals surface area contributed by atoms with Crippen LogP contribution in [0.3, 0.4) is 0 Å². The first-order valence-electron chi connectivity index (χ1n) is 10.2. The lowest BCUT2D eigenvalue weighted by molar-refractivity contribution is -0.132. The lowest BCUT2D eigenvalue weighted by Crippen LogP contribution is -2.47. The number of hydrogen-bond acceptors (Lipinski definition) is 5. The Bertz CT molecular complexity index is 1270. The number of ether oxygens (including phenoxy) is 1. The normalized spacial score (nSPS) is 17.3. The molecule has 2 N–H and O–H groups in total. The molecule has 164 valence electrons. The molecule has 0 saturated carbocycles. The molecule has 3 aromatic carbocycles. The molecule has 4 amide bonds. The molecular weight excluding hydrogens is 420 g/mol. The molecule has 1 atom stereocenters. The van der Waals surface area contributed by atoms with Crippen LogP contribution in [0.15, 0.2) is 78.9 Å². The van der Waals surface area contributed by atoms with Crippen molar-refractivity contribution in [3.05, 3.63) is 101 Å². The summed E-state index contributed by atoms with van der Waals surface area (Å²) in [7, 11) is 0. The van der Waals surface area contributed by atoms with Gasteiger partial charge in [-0.3, -0.25) is 15.0 Å². The van der Waals surface area contributed by atoms with Crippen molar-refractivity contribution in [2.75, 3.05) is 0 Å². The molecule has 0 spiro atoms. The van der Waals surface area contributed by atoms with Crippen molar-refractivity contribution >= 4 is 17.8 Å². The minimum absolute atomic E-state index is 0.150. The Hall–Kier alpha value is -4.64. The number of imide groups is 1. The van der Waals surface area contributed by atoms with Gasteiger partial charge in [0, 0.05) is 11.1 Å². The zero-order valence-electron chi connectivity index (χ0n) is 17.7. The van der Waals surface area contributed by atoms with Crippen LogP contribution in [0.2, 0.25) is 0 Å². The minimum Gasteiger partial charge on any atom is -0.489 e. The summed E-state index contributed by atoms with van der Waals surface area (Å²) in [6.07, 6.45) is 0. The second-order valence-electron chi connectivity index (χ2n) is 7.59. The van der Waals surface area contributed by atoms with Crippen LogP contribution < -0.4 is 15.5 Å². The van der Waals surface area contributed by atoms with Gasteiger partial charge in [0.2, 0.25) is 0 Å². The van der Waals surface area contributed by atoms with E-state index in [0.29, 0.717) is 21.9 Å². The van der Waals surface area contributed by atoms with Gasteiger partial charge in [-0.2, -0.15) is 10.3 Å². The van der Waals surface area contributed by atoms with Gasteiger partial charge in [-0.15, -0.1) is 0 Å². The lowest BCUT2D eigenvalue weighted by Gasteiger charge is -2.22. The number of urea groups is 1. The van der Waals surface area contributed by atoms with Crippen LogP contribution in [-0.4, -0.2) is 22.9 Å². The van der Waals surface area contributed by atoms with Crippen LogP contribution in [0.4, 0.5) is 4.79 Å². The number of nitrogens with one attached hydrogen (secondary N) is 2. The molecule has 0 aliphatic carbocycles. The second kappa shape index (κ2) is 8.85. The van der Waals surface area contributed by atoms with Crippen molar-refractivity contribution in [2.24, 2.45) is 0 Å². The molecule has 1 aliphatic heterocycles. The summed E-state index contributed by atoms with van der Waals surface area (Å²) in [6, 6.07) is 23.6. The van der Waals surface area contributed by atoms with Gasteiger partial charge in [-0.1, -0.05) is 54.6 Å². The Morgan fingerprint density at radius 1 is 1.06 bits per heavy atom. The van der Waals surface area contributed by atoms with Crippen LogP contribution >= 0.6 is 0 Å². The Balaban J connectivity index is 1.46. The average Bonchev–Trinajstić information content (AvgIpc) is 3.07. The summed E-state index contributed by atoms with van der Waals surface area (Å²) < 4.78 is 5.74. The monoisotopic (exact) mass is 440 g/mol. The molecule has 1 unspecified atom stereocenters. The first-order valence-corrected chi connectivity index (χ1v) is 10.2. The van der Waals surface area contributed by atoms with Gasteiger partial charge < -0.3 is 10.1 Å². The van der Waals surface area contributed by atoms with Crippen molar-refractivity contribution in [3.63, 3.8) is 0 Å². The number of carbonyl (C=O) groups excluding carboxylic acids is 3. The van der Waals surface area contributed by atoms with Crippen molar-refractivity contribution < 1.29 is 19.1 Å². The van der Waals surface area contributed by atoms with E-state index in [9.17, 15) is 19.6 Å². The second-order valence-corrected chi connectivity index (χ2v) is 7.59. The highest BCUT2D eigenvalue weighted by Crippen LogP contribution is 2.28. The quantitative estimate of drug-likeness (QED) is 0.572. The molecule has 1 heterocycles. The van der Waals surface area contributed by atoms with Gasteiger partial charge >= 0.3 is 6.03 Å². The smallest absolute Gasteiger partial charge is 0.344 e. The lowest BCUT2D eigenvalue weighted by atomic mass is 9.92. The molecule has 0 bridgehead atoms. The molecule has 8 heteroatoms. The SMILES string of the molecule is CC1(c2ccccc2)NC(=O)N(NC(=O)c2cccc(OCc3ccccc3C#N)c2)C1=O. The van der Waals surface area contributed by atoms with E-state index in [1.165, 1.54) is 6.07 Å². The maximum absolute atomic E-state index is 13.0. The Morgan fingerprint density at radius 2 is 1.79 bits per heavy atom. The van der Waals surface area contributed by atoms with Gasteiger partial charge in [-0.05, 0) is 36.8 Å². The highest BCUT2D eigenvalue weighted by Gasteiger charge is 2.50. The third-order valence-corrected chi connectivity index (χ3v) is 5.38. The van der Waals surface area contributed by atoms with Crippen molar-refractivity contribution in [1.82, 2.24) is 15.8 Å². The van der Waals surface area contributed by atoms with Crippen molar-refractivity contribution in [1.29, 1.82) is 5.26 Å². The Labute approximate surface area is 190 Å². The number of nitriles is 1. The number of amides is 4. The van der Waals surface area contributed by atoms with Crippen LogP contribution in [0.5, 0.6) is 5.75 Å². The first kappa shape index (κ1) is 21.6. The largest absolute Gasteiger partial charge is 0.489 e. The summed E-state index contributed by atoms with van der Waals surface area (Å²) in [5.74, 6) is -0.826. The zero-order valence-corrected chi connectivity index (χ0v) is 17.7. The number of carbonyl (C=O) groups is 3. The van der Waals surface area contributed by atoms with Crippen molar-refractivity contribution in [2.45, 2.75) is 19.1 Å². The van der Waals surface area contributed by atoms with E-state index in [1.807, 2.05) is 12.1 Å². The molecule has 1 saturated heterocycles. The molecule has 3 aromatic rings. The Kier molecular flexibility index (Phi) is 5.79. The number of benzene rings is 3. The van der Waals surface area contributed by atoms with Crippen LogP contribution in [0.25, 0.3) is 0 Å². The fourth-order valence-electron chi connectivity index (χ4n) is 3.52. The predicted molar refractivity (Wildman–Crippen MR) is 119 cm³/mol. The summed E-state index contributed by atoms with van der Waals surface area (Å²) in [5.41, 5.74) is 3.12. The number of rotatable bonds is 6. The highest BCUT2D eigenvalue weighted by molar-refractivity contribution is 6.09. The molecule has 0 aromatic heterocycles. The number of nitrogens with zero attached hydrogens (tertiary/aromatic N) is 2. The average molecular weight is 440 g/mol. The molecule has 33 heavy (non-hydrogen) atoms. The van der Waals surface area contributed by atoms with Gasteiger partial charge in [0.05, 0.1) is 11.6 Å². The maximum atomic E-state index is 13.0. The third-order valence-electron chi connectivity index (χ3n) is 5.38. The number of hydrogen-bond donors (Lipinski definition) is 2. The third kappa shape index (κ3) is 4.25. The summed E-state index contributed by atoms with van der Waals surface area (Å²) in [6.45, 7) is 1.74. The van der Waals surface area contributed by atoms with Gasteiger partial charge in [0.1, 0.15) is 17.9 Å². The summed E-state index contributed by atoms with van der Waals surface area (Å²) in [5, 5.41) is 12.5. The van der Waals surface area contributed by atoms with Crippen LogP contribution in [-0.2, 0) is 16.9 Å². The van der Waals surface area contributed by atoms with Gasteiger partial charge in [-0.25, -0.2) is 4.79 Å². The van der Waals surface area contributed by atoms with Crippen LogP contribution in [0, 0.1) is 11.3 Å². The van der Waals surface area contributed by atoms with E-state index < -0.39 is 23.4 Å². The molecule has 1 aliphatic rings. The zero-order chi connectivity index (χ0) is 23.4. The highest BCUT2D eigenvalue weighted by atomic mass is 16.5. The Morgan fingerprint density at radius 3 is 2.55 bits per heavy atom. The van der Waals surface area contributed by atoms with Gasteiger partial charge in [0.25, 0.3) is 11.8 Å².